The number of carbonyl (C=O) groups is 2. The van der Waals surface area contributed by atoms with Gasteiger partial charge in [-0.05, 0) is 24.8 Å². The zero-order valence-corrected chi connectivity index (χ0v) is 11.6. The Balaban J connectivity index is 2.03. The van der Waals surface area contributed by atoms with Gasteiger partial charge < -0.3 is 0 Å². The SMILES string of the molecule is O=C(CCCCl)N1C(=O)CC[C@H]1Cc1ccccc1. The van der Waals surface area contributed by atoms with Crippen LogP contribution in [0.15, 0.2) is 30.3 Å². The first kappa shape index (κ1) is 14.1. The smallest absolute Gasteiger partial charge is 0.229 e. The summed E-state index contributed by atoms with van der Waals surface area (Å²) in [5.41, 5.74) is 1.16. The van der Waals surface area contributed by atoms with Gasteiger partial charge in [0, 0.05) is 24.8 Å². The number of imide groups is 1. The molecule has 2 rings (SSSR count). The Morgan fingerprint density at radius 3 is 2.74 bits per heavy atom. The Kier molecular flexibility index (Phi) is 4.97. The molecule has 3 nitrogen and oxygen atoms in total. The molecule has 0 N–H and O–H groups in total. The summed E-state index contributed by atoms with van der Waals surface area (Å²) in [7, 11) is 0. The topological polar surface area (TPSA) is 37.4 Å². The summed E-state index contributed by atoms with van der Waals surface area (Å²) in [6, 6.07) is 10.00. The molecule has 102 valence electrons. The lowest BCUT2D eigenvalue weighted by atomic mass is 10.0. The predicted molar refractivity (Wildman–Crippen MR) is 75.0 cm³/mol. The number of hydrogen-bond donors (Lipinski definition) is 0. The molecule has 0 radical (unpaired) electrons. The van der Waals surface area contributed by atoms with Gasteiger partial charge in [0.2, 0.25) is 11.8 Å². The highest BCUT2D eigenvalue weighted by Gasteiger charge is 2.34. The molecule has 1 fully saturated rings. The molecule has 19 heavy (non-hydrogen) atoms. The van der Waals surface area contributed by atoms with Gasteiger partial charge >= 0.3 is 0 Å². The fourth-order valence-electron chi connectivity index (χ4n) is 2.50. The number of alkyl halides is 1. The molecule has 0 saturated carbocycles. The van der Waals surface area contributed by atoms with Crippen molar-refractivity contribution in [1.29, 1.82) is 0 Å². The molecule has 1 atom stereocenters. The van der Waals surface area contributed by atoms with E-state index in [0.717, 1.165) is 18.4 Å². The monoisotopic (exact) mass is 279 g/mol. The predicted octanol–water partition coefficient (Wildman–Crippen LogP) is 2.77. The van der Waals surface area contributed by atoms with Crippen LogP contribution in [0.25, 0.3) is 0 Å². The Morgan fingerprint density at radius 2 is 2.05 bits per heavy atom. The molecule has 4 heteroatoms. The van der Waals surface area contributed by atoms with Crippen molar-refractivity contribution >= 4 is 23.4 Å². The first-order valence-corrected chi connectivity index (χ1v) is 7.20. The zero-order valence-electron chi connectivity index (χ0n) is 10.8. The summed E-state index contributed by atoms with van der Waals surface area (Å²) in [6.45, 7) is 0. The summed E-state index contributed by atoms with van der Waals surface area (Å²) >= 11 is 5.60. The van der Waals surface area contributed by atoms with E-state index < -0.39 is 0 Å². The van der Waals surface area contributed by atoms with Crippen LogP contribution in [0, 0.1) is 0 Å². The van der Waals surface area contributed by atoms with Gasteiger partial charge in [-0.2, -0.15) is 0 Å². The first-order valence-electron chi connectivity index (χ1n) is 6.67. The van der Waals surface area contributed by atoms with Crippen LogP contribution in [0.3, 0.4) is 0 Å². The first-order chi connectivity index (χ1) is 9.22. The van der Waals surface area contributed by atoms with E-state index in [1.807, 2.05) is 30.3 Å². The Labute approximate surface area is 118 Å². The van der Waals surface area contributed by atoms with E-state index >= 15 is 0 Å². The molecule has 1 aliphatic heterocycles. The summed E-state index contributed by atoms with van der Waals surface area (Å²) < 4.78 is 0. The minimum absolute atomic E-state index is 0.0118. The molecule has 1 saturated heterocycles. The molecular weight excluding hydrogens is 262 g/mol. The maximum atomic E-state index is 12.1. The second kappa shape index (κ2) is 6.71. The number of likely N-dealkylation sites (tertiary alicyclic amines) is 1. The number of benzene rings is 1. The molecule has 2 amide bonds. The quantitative estimate of drug-likeness (QED) is 0.777. The summed E-state index contributed by atoms with van der Waals surface area (Å²) in [5, 5.41) is 0. The Morgan fingerprint density at radius 1 is 1.32 bits per heavy atom. The second-order valence-electron chi connectivity index (χ2n) is 4.83. The lowest BCUT2D eigenvalue weighted by Crippen LogP contribution is -2.39. The fourth-order valence-corrected chi connectivity index (χ4v) is 2.64. The van der Waals surface area contributed by atoms with Crippen molar-refractivity contribution < 1.29 is 9.59 Å². The van der Waals surface area contributed by atoms with Crippen molar-refractivity contribution in [2.75, 3.05) is 5.88 Å². The van der Waals surface area contributed by atoms with Gasteiger partial charge in [-0.15, -0.1) is 11.6 Å². The van der Waals surface area contributed by atoms with E-state index in [-0.39, 0.29) is 17.9 Å². The van der Waals surface area contributed by atoms with E-state index in [1.165, 1.54) is 4.90 Å². The standard InChI is InChI=1S/C15H18ClNO2/c16-10-4-7-14(18)17-13(8-9-15(17)19)11-12-5-2-1-3-6-12/h1-3,5-6,13H,4,7-11H2/t13-/m0/s1. The Bertz CT molecular complexity index is 447. The largest absolute Gasteiger partial charge is 0.279 e. The minimum atomic E-state index is -0.0796. The van der Waals surface area contributed by atoms with Gasteiger partial charge in [0.15, 0.2) is 0 Å². The van der Waals surface area contributed by atoms with Crippen molar-refractivity contribution in [1.82, 2.24) is 4.90 Å². The van der Waals surface area contributed by atoms with Gasteiger partial charge in [0.1, 0.15) is 0 Å². The highest BCUT2D eigenvalue weighted by molar-refractivity contribution is 6.18. The molecule has 1 aromatic carbocycles. The maximum Gasteiger partial charge on any atom is 0.229 e. The van der Waals surface area contributed by atoms with Crippen LogP contribution in [0.2, 0.25) is 0 Å². The molecule has 1 aromatic rings. The average Bonchev–Trinajstić information content (AvgIpc) is 2.78. The van der Waals surface area contributed by atoms with E-state index in [4.69, 9.17) is 11.6 Å². The molecule has 0 bridgehead atoms. The molecule has 1 heterocycles. The van der Waals surface area contributed by atoms with Gasteiger partial charge in [-0.3, -0.25) is 14.5 Å². The second-order valence-corrected chi connectivity index (χ2v) is 5.21. The molecule has 1 aliphatic rings. The molecule has 0 aromatic heterocycles. The minimum Gasteiger partial charge on any atom is -0.279 e. The number of amides is 2. The van der Waals surface area contributed by atoms with Crippen LogP contribution < -0.4 is 0 Å². The molecule has 0 unspecified atom stereocenters. The zero-order chi connectivity index (χ0) is 13.7. The van der Waals surface area contributed by atoms with Crippen LogP contribution in [0.1, 0.15) is 31.2 Å². The number of rotatable bonds is 5. The molecule has 0 spiro atoms. The summed E-state index contributed by atoms with van der Waals surface area (Å²) in [5.74, 6) is 0.335. The van der Waals surface area contributed by atoms with Gasteiger partial charge in [0.25, 0.3) is 0 Å². The van der Waals surface area contributed by atoms with E-state index in [1.54, 1.807) is 0 Å². The van der Waals surface area contributed by atoms with Crippen LogP contribution in [-0.4, -0.2) is 28.6 Å². The summed E-state index contributed by atoms with van der Waals surface area (Å²) in [4.78, 5) is 25.4. The summed E-state index contributed by atoms with van der Waals surface area (Å²) in [6.07, 6.45) is 2.98. The third-order valence-corrected chi connectivity index (χ3v) is 3.70. The lowest BCUT2D eigenvalue weighted by molar-refractivity contribution is -0.143. The van der Waals surface area contributed by atoms with Crippen molar-refractivity contribution in [3.05, 3.63) is 35.9 Å². The van der Waals surface area contributed by atoms with Crippen molar-refractivity contribution in [3.8, 4) is 0 Å². The highest BCUT2D eigenvalue weighted by Crippen LogP contribution is 2.23. The fraction of sp³-hybridized carbons (Fsp3) is 0.467. The number of hydrogen-bond acceptors (Lipinski definition) is 2. The van der Waals surface area contributed by atoms with E-state index in [2.05, 4.69) is 0 Å². The highest BCUT2D eigenvalue weighted by atomic mass is 35.5. The normalized spacial score (nSPS) is 18.9. The third kappa shape index (κ3) is 3.57. The number of nitrogens with zero attached hydrogens (tertiary/aromatic N) is 1. The number of carbonyl (C=O) groups excluding carboxylic acids is 2. The van der Waals surface area contributed by atoms with Crippen LogP contribution >= 0.6 is 11.6 Å². The van der Waals surface area contributed by atoms with Crippen LogP contribution in [0.4, 0.5) is 0 Å². The van der Waals surface area contributed by atoms with E-state index in [9.17, 15) is 9.59 Å². The van der Waals surface area contributed by atoms with Crippen molar-refractivity contribution in [2.24, 2.45) is 0 Å². The van der Waals surface area contributed by atoms with Crippen LogP contribution in [-0.2, 0) is 16.0 Å². The average molecular weight is 280 g/mol. The van der Waals surface area contributed by atoms with Crippen molar-refractivity contribution in [2.45, 2.75) is 38.1 Å². The lowest BCUT2D eigenvalue weighted by Gasteiger charge is -2.23. The van der Waals surface area contributed by atoms with Gasteiger partial charge in [-0.1, -0.05) is 30.3 Å². The van der Waals surface area contributed by atoms with Gasteiger partial charge in [-0.25, -0.2) is 0 Å². The van der Waals surface area contributed by atoms with Crippen molar-refractivity contribution in [3.63, 3.8) is 0 Å². The van der Waals surface area contributed by atoms with Gasteiger partial charge in [0.05, 0.1) is 0 Å². The maximum absolute atomic E-state index is 12.1. The molecular formula is C15H18ClNO2. The number of halogens is 1. The Hall–Kier alpha value is -1.35. The third-order valence-electron chi connectivity index (χ3n) is 3.43. The van der Waals surface area contributed by atoms with Crippen LogP contribution in [0.5, 0.6) is 0 Å². The van der Waals surface area contributed by atoms with E-state index in [0.29, 0.717) is 25.1 Å². The molecule has 0 aliphatic carbocycles.